The zero-order valence-electron chi connectivity index (χ0n) is 9.39. The molecule has 0 aliphatic heterocycles. The third-order valence-corrected chi connectivity index (χ3v) is 3.58. The summed E-state index contributed by atoms with van der Waals surface area (Å²) in [4.78, 5) is 0. The Morgan fingerprint density at radius 3 is 0.867 bits per heavy atom. The second kappa shape index (κ2) is 36.5. The van der Waals surface area contributed by atoms with Crippen LogP contribution in [0.25, 0.3) is 0 Å². The number of hydrogen-bond donors (Lipinski definition) is 0. The molecule has 0 aromatic carbocycles. The van der Waals surface area contributed by atoms with Gasteiger partial charge in [0.25, 0.3) is 0 Å². The molecule has 0 unspecified atom stereocenters. The fraction of sp³-hybridized carbons (Fsp3) is 0.667. The van der Waals surface area contributed by atoms with E-state index in [1.807, 2.05) is 0 Å². The second-order valence-electron chi connectivity index (χ2n) is 2.61. The molecule has 0 radical (unpaired) electrons. The van der Waals surface area contributed by atoms with Crippen LogP contribution < -0.4 is 0 Å². The average Bonchev–Trinajstić information content (AvgIpc) is 2.24. The summed E-state index contributed by atoms with van der Waals surface area (Å²) in [6.07, 6.45) is 2.96. The van der Waals surface area contributed by atoms with Gasteiger partial charge in [-0.15, -0.1) is 15.8 Å². The van der Waals surface area contributed by atoms with Crippen LogP contribution in [-0.2, 0) is 31.0 Å². The molecule has 0 amide bonds. The summed E-state index contributed by atoms with van der Waals surface area (Å²) >= 11 is 0. The average molecular weight is 290 g/mol. The maximum Gasteiger partial charge on any atom is 0 e. The van der Waals surface area contributed by atoms with E-state index in [0.29, 0.717) is 15.8 Å². The van der Waals surface area contributed by atoms with E-state index in [2.05, 4.69) is 46.6 Å². The fourth-order valence-electron chi connectivity index (χ4n) is 0.400. The van der Waals surface area contributed by atoms with E-state index in [0.717, 1.165) is 0 Å². The fourth-order valence-corrected chi connectivity index (χ4v) is 3.60. The molecule has 0 aromatic heterocycles. The molecule has 0 aliphatic carbocycles. The summed E-state index contributed by atoms with van der Waals surface area (Å²) in [6.45, 7) is 22.9. The molecule has 0 fully saturated rings. The van der Waals surface area contributed by atoms with E-state index in [4.69, 9.17) is 14.0 Å². The summed E-state index contributed by atoms with van der Waals surface area (Å²) in [5.74, 6) is 0. The van der Waals surface area contributed by atoms with Gasteiger partial charge in [0.05, 0.1) is 0 Å². The Kier molecular flexibility index (Phi) is 72.0. The van der Waals surface area contributed by atoms with Crippen molar-refractivity contribution in [2.75, 3.05) is 39.0 Å². The largest absolute Gasteiger partial charge is 0 e. The Morgan fingerprint density at radius 1 is 0.667 bits per heavy atom. The molecule has 0 aliphatic rings. The van der Waals surface area contributed by atoms with Gasteiger partial charge in [-0.25, -0.2) is 0 Å². The Balaban J connectivity index is -0.0000000410. The molecular weight excluding hydrogens is 274 g/mol. The molecule has 0 N–H and O–H groups in total. The Hall–Kier alpha value is 0.599. The molecule has 88 valence electrons. The normalized spacial score (nSPS) is 6.40. The van der Waals surface area contributed by atoms with Gasteiger partial charge in [0, 0.05) is 17.1 Å². The second-order valence-corrected chi connectivity index (χ2v) is 7.82. The van der Waals surface area contributed by atoms with Gasteiger partial charge >= 0.3 is 33.9 Å². The van der Waals surface area contributed by atoms with Crippen molar-refractivity contribution in [1.82, 2.24) is 0 Å². The topological polar surface area (TPSA) is 59.7 Å². The van der Waals surface area contributed by atoms with E-state index in [1.165, 1.54) is 12.3 Å². The molecular formula is C9H16FeO3P2. The summed E-state index contributed by atoms with van der Waals surface area (Å²) in [6, 6.07) is 0. The smallest absolute Gasteiger partial charge is 0 e. The maximum atomic E-state index is 7.50. The van der Waals surface area contributed by atoms with Gasteiger partial charge in [-0.2, -0.15) is 0 Å². The van der Waals surface area contributed by atoms with E-state index >= 15 is 0 Å². The predicted octanol–water partition coefficient (Wildman–Crippen LogP) is 2.35. The quantitative estimate of drug-likeness (QED) is 0.331. The van der Waals surface area contributed by atoms with E-state index in [9.17, 15) is 0 Å². The molecule has 0 rings (SSSR count). The van der Waals surface area contributed by atoms with Gasteiger partial charge in [0.15, 0.2) is 0 Å². The van der Waals surface area contributed by atoms with Gasteiger partial charge in [0.2, 0.25) is 0 Å². The standard InChI is InChI=1S/C6H16P2.3CO.Fe/c1-7(2)5-6-8(3)4;3*1-2;/h5-6H2,1-4H3;;;;. The van der Waals surface area contributed by atoms with Gasteiger partial charge in [-0.05, 0) is 39.0 Å². The summed E-state index contributed by atoms with van der Waals surface area (Å²) in [5.41, 5.74) is 0. The Labute approximate surface area is 106 Å². The van der Waals surface area contributed by atoms with Crippen molar-refractivity contribution < 1.29 is 31.0 Å². The molecule has 0 aromatic rings. The maximum absolute atomic E-state index is 7.50. The molecule has 0 spiro atoms. The van der Waals surface area contributed by atoms with Crippen molar-refractivity contribution in [1.29, 1.82) is 0 Å². The van der Waals surface area contributed by atoms with Crippen molar-refractivity contribution in [3.8, 4) is 0 Å². The molecule has 0 bridgehead atoms. The van der Waals surface area contributed by atoms with Crippen LogP contribution in [0, 0.1) is 20.0 Å². The van der Waals surface area contributed by atoms with Crippen molar-refractivity contribution in [2.24, 2.45) is 0 Å². The first kappa shape index (κ1) is 29.6. The molecule has 3 nitrogen and oxygen atoms in total. The van der Waals surface area contributed by atoms with Crippen molar-refractivity contribution in [2.45, 2.75) is 0 Å². The van der Waals surface area contributed by atoms with Gasteiger partial charge in [-0.3, -0.25) is 0 Å². The van der Waals surface area contributed by atoms with E-state index < -0.39 is 0 Å². The van der Waals surface area contributed by atoms with Crippen LogP contribution in [0.5, 0.6) is 0 Å². The van der Waals surface area contributed by atoms with Crippen LogP contribution in [0.2, 0.25) is 0 Å². The van der Waals surface area contributed by atoms with E-state index in [1.54, 1.807) is 0 Å². The number of rotatable bonds is 3. The van der Waals surface area contributed by atoms with Crippen LogP contribution in [0.3, 0.4) is 0 Å². The van der Waals surface area contributed by atoms with Crippen molar-refractivity contribution in [3.05, 3.63) is 20.0 Å². The third kappa shape index (κ3) is 73.9. The minimum absolute atomic E-state index is 0. The van der Waals surface area contributed by atoms with Crippen LogP contribution >= 0.6 is 15.8 Å². The van der Waals surface area contributed by atoms with E-state index in [-0.39, 0.29) is 17.1 Å². The molecule has 0 saturated heterocycles. The SMILES string of the molecule is CP(C)CCP(C)C.[C-]#[O+].[C-]#[O+].[C-]#[O+].[Fe]. The minimum Gasteiger partial charge on any atom is 0 e. The molecule has 0 heterocycles. The van der Waals surface area contributed by atoms with Gasteiger partial charge < -0.3 is 0 Å². The molecule has 0 atom stereocenters. The van der Waals surface area contributed by atoms with Crippen LogP contribution in [-0.4, -0.2) is 39.0 Å². The first-order chi connectivity index (χ1) is 6.63. The summed E-state index contributed by atoms with van der Waals surface area (Å²) in [5, 5.41) is 0. The number of hydrogen-bond acceptors (Lipinski definition) is 0. The monoisotopic (exact) mass is 290 g/mol. The molecule has 0 saturated carbocycles. The van der Waals surface area contributed by atoms with Crippen LogP contribution in [0.1, 0.15) is 0 Å². The third-order valence-electron chi connectivity index (χ3n) is 0.994. The summed E-state index contributed by atoms with van der Waals surface area (Å²) in [7, 11) is 0.766. The molecule has 15 heavy (non-hydrogen) atoms. The Bertz CT molecular complexity index is 122. The van der Waals surface area contributed by atoms with Crippen LogP contribution in [0.4, 0.5) is 0 Å². The van der Waals surface area contributed by atoms with Crippen molar-refractivity contribution >= 4 is 15.8 Å². The zero-order chi connectivity index (χ0) is 12.6. The predicted molar refractivity (Wildman–Crippen MR) is 59.1 cm³/mol. The first-order valence-electron chi connectivity index (χ1n) is 3.53. The zero-order valence-corrected chi connectivity index (χ0v) is 12.3. The van der Waals surface area contributed by atoms with Gasteiger partial charge in [0.1, 0.15) is 0 Å². The summed E-state index contributed by atoms with van der Waals surface area (Å²) < 4.78 is 22.5. The minimum atomic E-state index is 0. The first-order valence-corrected chi connectivity index (χ1v) is 8.38. The van der Waals surface area contributed by atoms with Crippen molar-refractivity contribution in [3.63, 3.8) is 0 Å². The Morgan fingerprint density at radius 2 is 0.800 bits per heavy atom. The molecule has 6 heteroatoms. The van der Waals surface area contributed by atoms with Crippen LogP contribution in [0.15, 0.2) is 0 Å². The van der Waals surface area contributed by atoms with Gasteiger partial charge in [-0.1, -0.05) is 0 Å².